The molecule has 0 saturated carbocycles. The molecule has 0 amide bonds. The Morgan fingerprint density at radius 1 is 0.560 bits per heavy atom. The zero-order valence-electron chi connectivity index (χ0n) is 17.0. The van der Waals surface area contributed by atoms with Crippen molar-refractivity contribution >= 4 is 11.8 Å². The van der Waals surface area contributed by atoms with Crippen molar-refractivity contribution in [2.24, 2.45) is 0 Å². The summed E-state index contributed by atoms with van der Waals surface area (Å²) in [6.07, 6.45) is 21.2. The fraction of sp³-hybridized carbons (Fsp3) is 0.909. The van der Waals surface area contributed by atoms with Crippen LogP contribution in [0.15, 0.2) is 0 Å². The zero-order valence-corrected chi connectivity index (χ0v) is 17.0. The Hall–Kier alpha value is -0.860. The molecule has 0 bridgehead atoms. The molecular weight excluding hydrogens is 312 g/mol. The van der Waals surface area contributed by atoms with Crippen LogP contribution in [0.25, 0.3) is 0 Å². The van der Waals surface area contributed by atoms with E-state index >= 15 is 0 Å². The summed E-state index contributed by atoms with van der Waals surface area (Å²) in [6, 6.07) is 0. The Labute approximate surface area is 156 Å². The molecule has 0 heterocycles. The maximum absolute atomic E-state index is 11.6. The zero-order chi connectivity index (χ0) is 18.6. The summed E-state index contributed by atoms with van der Waals surface area (Å²) < 4.78 is 4.54. The number of hydrogen-bond donors (Lipinski definition) is 0. The number of hydrogen-bond acceptors (Lipinski definition) is 3. The third kappa shape index (κ3) is 19.3. The van der Waals surface area contributed by atoms with Crippen LogP contribution in [0, 0.1) is 0 Å². The lowest BCUT2D eigenvalue weighted by Gasteiger charge is -2.03. The van der Waals surface area contributed by atoms with Crippen molar-refractivity contribution < 1.29 is 14.3 Å². The molecule has 0 aliphatic carbocycles. The summed E-state index contributed by atoms with van der Waals surface area (Å²) in [6.45, 7) is 2.27. The van der Waals surface area contributed by atoms with E-state index in [1.54, 1.807) is 0 Å². The average Bonchev–Trinajstić information content (AvgIpc) is 2.62. The maximum atomic E-state index is 11.6. The molecule has 0 fully saturated rings. The number of esters is 1. The number of Topliss-reactive ketones (excluding diaryl/α,β-unsaturated/α-hetero) is 1. The van der Waals surface area contributed by atoms with Crippen LogP contribution in [0.2, 0.25) is 0 Å². The van der Waals surface area contributed by atoms with Gasteiger partial charge in [-0.3, -0.25) is 9.59 Å². The van der Waals surface area contributed by atoms with E-state index in [1.165, 1.54) is 90.6 Å². The second kappa shape index (κ2) is 19.5. The number of carbonyl (C=O) groups excluding carboxylic acids is 2. The van der Waals surface area contributed by atoms with E-state index < -0.39 is 0 Å². The summed E-state index contributed by atoms with van der Waals surface area (Å²) in [4.78, 5) is 22.5. The second-order valence-electron chi connectivity index (χ2n) is 7.31. The Kier molecular flexibility index (Phi) is 18.8. The highest BCUT2D eigenvalue weighted by molar-refractivity contribution is 5.82. The molecule has 0 saturated heterocycles. The van der Waals surface area contributed by atoms with Gasteiger partial charge < -0.3 is 4.74 Å². The second-order valence-corrected chi connectivity index (χ2v) is 7.31. The standard InChI is InChI=1S/C22H42O3/c1-3-4-5-6-7-8-9-10-11-12-13-14-15-16-17-18-21(23)19-20-22(24)25-2/h3-20H2,1-2H3. The Bertz CT molecular complexity index is 312. The van der Waals surface area contributed by atoms with Gasteiger partial charge in [-0.1, -0.05) is 96.8 Å². The first-order chi connectivity index (χ1) is 12.2. The van der Waals surface area contributed by atoms with Gasteiger partial charge in [0.05, 0.1) is 13.5 Å². The van der Waals surface area contributed by atoms with Crippen LogP contribution in [0.3, 0.4) is 0 Å². The minimum absolute atomic E-state index is 0.195. The minimum Gasteiger partial charge on any atom is -0.469 e. The molecule has 0 aliphatic heterocycles. The van der Waals surface area contributed by atoms with Gasteiger partial charge in [0.25, 0.3) is 0 Å². The largest absolute Gasteiger partial charge is 0.469 e. The fourth-order valence-corrected chi connectivity index (χ4v) is 3.16. The highest BCUT2D eigenvalue weighted by atomic mass is 16.5. The van der Waals surface area contributed by atoms with Crippen molar-refractivity contribution in [3.63, 3.8) is 0 Å². The first-order valence-corrected chi connectivity index (χ1v) is 10.8. The molecule has 3 nitrogen and oxygen atoms in total. The monoisotopic (exact) mass is 354 g/mol. The summed E-state index contributed by atoms with van der Waals surface area (Å²) in [5.74, 6) is -0.0927. The van der Waals surface area contributed by atoms with Crippen molar-refractivity contribution in [3.8, 4) is 0 Å². The van der Waals surface area contributed by atoms with Gasteiger partial charge in [-0.05, 0) is 6.42 Å². The molecule has 0 unspecified atom stereocenters. The van der Waals surface area contributed by atoms with E-state index in [-0.39, 0.29) is 18.2 Å². The normalized spacial score (nSPS) is 10.8. The van der Waals surface area contributed by atoms with Crippen molar-refractivity contribution in [1.82, 2.24) is 0 Å². The Balaban J connectivity index is 3.14. The first-order valence-electron chi connectivity index (χ1n) is 10.8. The number of ketones is 1. The molecule has 0 aliphatic rings. The lowest BCUT2D eigenvalue weighted by molar-refractivity contribution is -0.141. The third-order valence-corrected chi connectivity index (χ3v) is 4.89. The van der Waals surface area contributed by atoms with E-state index in [4.69, 9.17) is 0 Å². The molecule has 0 aromatic heterocycles. The fourth-order valence-electron chi connectivity index (χ4n) is 3.16. The van der Waals surface area contributed by atoms with Crippen LogP contribution < -0.4 is 0 Å². The van der Waals surface area contributed by atoms with Gasteiger partial charge in [-0.15, -0.1) is 0 Å². The number of carbonyl (C=O) groups is 2. The highest BCUT2D eigenvalue weighted by Crippen LogP contribution is 2.14. The van der Waals surface area contributed by atoms with Crippen molar-refractivity contribution in [1.29, 1.82) is 0 Å². The molecule has 25 heavy (non-hydrogen) atoms. The molecule has 0 rings (SSSR count). The number of unbranched alkanes of at least 4 members (excludes halogenated alkanes) is 14. The van der Waals surface area contributed by atoms with Crippen LogP contribution in [0.5, 0.6) is 0 Å². The molecule has 3 heteroatoms. The van der Waals surface area contributed by atoms with Crippen molar-refractivity contribution in [2.45, 2.75) is 122 Å². The average molecular weight is 355 g/mol. The van der Waals surface area contributed by atoms with Gasteiger partial charge in [0.2, 0.25) is 0 Å². The number of ether oxygens (including phenoxy) is 1. The van der Waals surface area contributed by atoms with Crippen LogP contribution in [-0.4, -0.2) is 18.9 Å². The van der Waals surface area contributed by atoms with Gasteiger partial charge >= 0.3 is 5.97 Å². The lowest BCUT2D eigenvalue weighted by Crippen LogP contribution is -2.05. The lowest BCUT2D eigenvalue weighted by atomic mass is 10.0. The van der Waals surface area contributed by atoms with Crippen molar-refractivity contribution in [2.75, 3.05) is 7.11 Å². The van der Waals surface area contributed by atoms with Gasteiger partial charge in [-0.2, -0.15) is 0 Å². The van der Waals surface area contributed by atoms with E-state index in [0.29, 0.717) is 12.8 Å². The topological polar surface area (TPSA) is 43.4 Å². The third-order valence-electron chi connectivity index (χ3n) is 4.89. The molecule has 0 radical (unpaired) electrons. The summed E-state index contributed by atoms with van der Waals surface area (Å²) in [5.41, 5.74) is 0. The van der Waals surface area contributed by atoms with Crippen LogP contribution >= 0.6 is 0 Å². The predicted octanol–water partition coefficient (Wildman–Crippen LogP) is 6.77. The van der Waals surface area contributed by atoms with Gasteiger partial charge in [0, 0.05) is 12.8 Å². The van der Waals surface area contributed by atoms with Crippen LogP contribution in [0.4, 0.5) is 0 Å². The van der Waals surface area contributed by atoms with Crippen LogP contribution in [0.1, 0.15) is 122 Å². The Morgan fingerprint density at radius 3 is 1.36 bits per heavy atom. The summed E-state index contributed by atoms with van der Waals surface area (Å²) in [5, 5.41) is 0. The minimum atomic E-state index is -0.287. The molecule has 0 atom stereocenters. The predicted molar refractivity (Wildman–Crippen MR) is 106 cm³/mol. The van der Waals surface area contributed by atoms with E-state index in [9.17, 15) is 9.59 Å². The van der Waals surface area contributed by atoms with E-state index in [2.05, 4.69) is 11.7 Å². The molecule has 148 valence electrons. The smallest absolute Gasteiger partial charge is 0.305 e. The summed E-state index contributed by atoms with van der Waals surface area (Å²) in [7, 11) is 1.36. The van der Waals surface area contributed by atoms with E-state index in [1.807, 2.05) is 0 Å². The molecule has 0 N–H and O–H groups in total. The molecule has 0 aromatic rings. The molecule has 0 aromatic carbocycles. The van der Waals surface area contributed by atoms with Gasteiger partial charge in [0.1, 0.15) is 5.78 Å². The maximum Gasteiger partial charge on any atom is 0.305 e. The van der Waals surface area contributed by atoms with Gasteiger partial charge in [0.15, 0.2) is 0 Å². The van der Waals surface area contributed by atoms with Gasteiger partial charge in [-0.25, -0.2) is 0 Å². The Morgan fingerprint density at radius 2 is 0.960 bits per heavy atom. The number of rotatable bonds is 19. The van der Waals surface area contributed by atoms with Crippen molar-refractivity contribution in [3.05, 3.63) is 0 Å². The summed E-state index contributed by atoms with van der Waals surface area (Å²) >= 11 is 0. The highest BCUT2D eigenvalue weighted by Gasteiger charge is 2.06. The SMILES string of the molecule is CCCCCCCCCCCCCCCCCC(=O)CCC(=O)OC. The molecular formula is C22H42O3. The molecule has 0 spiro atoms. The van der Waals surface area contributed by atoms with Crippen LogP contribution in [-0.2, 0) is 14.3 Å². The first kappa shape index (κ1) is 24.1. The number of methoxy groups -OCH3 is 1. The van der Waals surface area contributed by atoms with E-state index in [0.717, 1.165) is 12.8 Å². The quantitative estimate of drug-likeness (QED) is 0.190.